The van der Waals surface area contributed by atoms with E-state index in [-0.39, 0.29) is 17.1 Å². The molecule has 2 aromatic carbocycles. The topological polar surface area (TPSA) is 81.4 Å². The van der Waals surface area contributed by atoms with Crippen LogP contribution in [0.25, 0.3) is 11.4 Å². The average Bonchev–Trinajstić information content (AvgIpc) is 3.20. The zero-order valence-electron chi connectivity index (χ0n) is 19.1. The number of rotatable bonds is 8. The molecule has 0 bridgehead atoms. The summed E-state index contributed by atoms with van der Waals surface area (Å²) < 4.78 is 7.29. The number of aromatic nitrogens is 3. The molecule has 0 saturated heterocycles. The van der Waals surface area contributed by atoms with Gasteiger partial charge in [-0.05, 0) is 30.0 Å². The van der Waals surface area contributed by atoms with Crippen molar-refractivity contribution < 1.29 is 9.53 Å². The van der Waals surface area contributed by atoms with Gasteiger partial charge in [-0.25, -0.2) is 5.43 Å². The minimum Gasteiger partial charge on any atom is -0.496 e. The third kappa shape index (κ3) is 5.76. The molecule has 32 heavy (non-hydrogen) atoms. The SMILES string of the molecule is CCn1c(SCC(=O)N/N=C/c2ccccc2OC)nnc1-c1ccc(C(C)(C)C)cc1. The lowest BCUT2D eigenvalue weighted by molar-refractivity contribution is -0.118. The summed E-state index contributed by atoms with van der Waals surface area (Å²) in [6, 6.07) is 15.9. The lowest BCUT2D eigenvalue weighted by Crippen LogP contribution is -2.20. The molecule has 1 heterocycles. The van der Waals surface area contributed by atoms with Crippen LogP contribution >= 0.6 is 11.8 Å². The van der Waals surface area contributed by atoms with E-state index in [1.54, 1.807) is 13.3 Å². The van der Waals surface area contributed by atoms with Crippen LogP contribution in [0, 0.1) is 0 Å². The van der Waals surface area contributed by atoms with Crippen molar-refractivity contribution in [2.45, 2.75) is 44.8 Å². The minimum absolute atomic E-state index is 0.0967. The highest BCUT2D eigenvalue weighted by Gasteiger charge is 2.17. The minimum atomic E-state index is -0.220. The Labute approximate surface area is 193 Å². The van der Waals surface area contributed by atoms with Gasteiger partial charge in [0.15, 0.2) is 11.0 Å². The lowest BCUT2D eigenvalue weighted by atomic mass is 9.87. The van der Waals surface area contributed by atoms with Crippen LogP contribution in [0.5, 0.6) is 5.75 Å². The Bertz CT molecular complexity index is 1080. The number of ether oxygens (including phenoxy) is 1. The molecule has 0 saturated carbocycles. The number of hydrogen-bond acceptors (Lipinski definition) is 6. The number of nitrogens with one attached hydrogen (secondary N) is 1. The summed E-state index contributed by atoms with van der Waals surface area (Å²) in [4.78, 5) is 12.2. The largest absolute Gasteiger partial charge is 0.496 e. The zero-order chi connectivity index (χ0) is 23.1. The Morgan fingerprint density at radius 2 is 1.88 bits per heavy atom. The average molecular weight is 452 g/mol. The fourth-order valence-corrected chi connectivity index (χ4v) is 3.92. The summed E-state index contributed by atoms with van der Waals surface area (Å²) >= 11 is 1.34. The molecule has 1 amide bonds. The van der Waals surface area contributed by atoms with E-state index in [2.05, 4.69) is 65.8 Å². The first-order chi connectivity index (χ1) is 15.3. The Balaban J connectivity index is 1.63. The van der Waals surface area contributed by atoms with Crippen molar-refractivity contribution in [2.24, 2.45) is 5.10 Å². The van der Waals surface area contributed by atoms with E-state index in [9.17, 15) is 4.79 Å². The molecule has 0 aliphatic rings. The lowest BCUT2D eigenvalue weighted by Gasteiger charge is -2.19. The fourth-order valence-electron chi connectivity index (χ4n) is 3.12. The number of hydrazone groups is 1. The van der Waals surface area contributed by atoms with Crippen LogP contribution < -0.4 is 10.2 Å². The van der Waals surface area contributed by atoms with Gasteiger partial charge in [0.05, 0.1) is 19.1 Å². The molecule has 168 valence electrons. The smallest absolute Gasteiger partial charge is 0.250 e. The fraction of sp³-hybridized carbons (Fsp3) is 0.333. The second-order valence-corrected chi connectivity index (χ2v) is 9.14. The Hall–Kier alpha value is -3.13. The van der Waals surface area contributed by atoms with Crippen molar-refractivity contribution in [3.05, 3.63) is 59.7 Å². The summed E-state index contributed by atoms with van der Waals surface area (Å²) in [7, 11) is 1.60. The van der Waals surface area contributed by atoms with Gasteiger partial charge in [0, 0.05) is 17.7 Å². The Morgan fingerprint density at radius 3 is 2.53 bits per heavy atom. The van der Waals surface area contributed by atoms with Crippen LogP contribution in [0.15, 0.2) is 58.8 Å². The molecule has 3 rings (SSSR count). The van der Waals surface area contributed by atoms with Gasteiger partial charge in [-0.1, -0.05) is 68.9 Å². The number of benzene rings is 2. The van der Waals surface area contributed by atoms with Gasteiger partial charge in [-0.15, -0.1) is 10.2 Å². The first-order valence-corrected chi connectivity index (χ1v) is 11.4. The maximum atomic E-state index is 12.2. The molecule has 8 heteroatoms. The second kappa shape index (κ2) is 10.5. The number of carbonyl (C=O) groups excluding carboxylic acids is 1. The number of nitrogens with zero attached hydrogens (tertiary/aromatic N) is 4. The highest BCUT2D eigenvalue weighted by molar-refractivity contribution is 7.99. The summed E-state index contributed by atoms with van der Waals surface area (Å²) in [6.45, 7) is 9.32. The third-order valence-electron chi connectivity index (χ3n) is 4.91. The first kappa shape index (κ1) is 23.5. The number of amides is 1. The molecule has 0 aliphatic carbocycles. The van der Waals surface area contributed by atoms with E-state index in [4.69, 9.17) is 4.74 Å². The van der Waals surface area contributed by atoms with Crippen LogP contribution in [-0.2, 0) is 16.8 Å². The van der Waals surface area contributed by atoms with Crippen LogP contribution in [0.1, 0.15) is 38.8 Å². The van der Waals surface area contributed by atoms with Crippen molar-refractivity contribution in [2.75, 3.05) is 12.9 Å². The maximum absolute atomic E-state index is 12.2. The van der Waals surface area contributed by atoms with Gasteiger partial charge in [0.1, 0.15) is 5.75 Å². The summed E-state index contributed by atoms with van der Waals surface area (Å²) in [6.07, 6.45) is 1.56. The molecule has 0 atom stereocenters. The van der Waals surface area contributed by atoms with Gasteiger partial charge in [0.2, 0.25) is 0 Å². The molecular weight excluding hydrogens is 422 g/mol. The summed E-state index contributed by atoms with van der Waals surface area (Å²) in [5, 5.41) is 13.4. The van der Waals surface area contributed by atoms with Gasteiger partial charge in [-0.3, -0.25) is 4.79 Å². The first-order valence-electron chi connectivity index (χ1n) is 10.4. The maximum Gasteiger partial charge on any atom is 0.250 e. The molecule has 0 aliphatic heterocycles. The van der Waals surface area contributed by atoms with E-state index < -0.39 is 0 Å². The number of hydrogen-bond donors (Lipinski definition) is 1. The molecule has 0 radical (unpaired) electrons. The van der Waals surface area contributed by atoms with E-state index in [1.807, 2.05) is 35.8 Å². The predicted molar refractivity (Wildman–Crippen MR) is 129 cm³/mol. The van der Waals surface area contributed by atoms with Gasteiger partial charge >= 0.3 is 0 Å². The number of para-hydroxylation sites is 1. The molecule has 1 N–H and O–H groups in total. The van der Waals surface area contributed by atoms with Gasteiger partial charge in [0.25, 0.3) is 5.91 Å². The zero-order valence-corrected chi connectivity index (χ0v) is 19.9. The Kier molecular flexibility index (Phi) is 7.69. The van der Waals surface area contributed by atoms with Crippen molar-refractivity contribution in [1.82, 2.24) is 20.2 Å². The van der Waals surface area contributed by atoms with E-state index in [0.717, 1.165) is 17.0 Å². The number of thioether (sulfide) groups is 1. The van der Waals surface area contributed by atoms with E-state index in [0.29, 0.717) is 17.5 Å². The van der Waals surface area contributed by atoms with Crippen LogP contribution in [0.2, 0.25) is 0 Å². The molecule has 1 aromatic heterocycles. The van der Waals surface area contributed by atoms with Crippen molar-refractivity contribution in [1.29, 1.82) is 0 Å². The number of methoxy groups -OCH3 is 1. The monoisotopic (exact) mass is 451 g/mol. The quantitative estimate of drug-likeness (QED) is 0.309. The highest BCUT2D eigenvalue weighted by atomic mass is 32.2. The predicted octanol–water partition coefficient (Wildman–Crippen LogP) is 4.51. The molecule has 0 unspecified atom stereocenters. The second-order valence-electron chi connectivity index (χ2n) is 8.20. The van der Waals surface area contributed by atoms with Crippen LogP contribution in [0.4, 0.5) is 0 Å². The summed E-state index contributed by atoms with van der Waals surface area (Å²) in [5.74, 6) is 1.46. The van der Waals surface area contributed by atoms with Crippen molar-refractivity contribution >= 4 is 23.9 Å². The van der Waals surface area contributed by atoms with E-state index >= 15 is 0 Å². The van der Waals surface area contributed by atoms with E-state index in [1.165, 1.54) is 17.3 Å². The Morgan fingerprint density at radius 1 is 1.16 bits per heavy atom. The van der Waals surface area contributed by atoms with Crippen LogP contribution in [-0.4, -0.2) is 39.7 Å². The normalized spacial score (nSPS) is 11.7. The molecule has 0 fully saturated rings. The molecule has 0 spiro atoms. The standard InChI is InChI=1S/C24H29N5O2S/c1-6-29-22(17-11-13-19(14-12-17)24(2,3)4)27-28-23(29)32-16-21(30)26-25-15-18-9-7-8-10-20(18)31-5/h7-15H,6,16H2,1-5H3,(H,26,30)/b25-15+. The highest BCUT2D eigenvalue weighted by Crippen LogP contribution is 2.27. The van der Waals surface area contributed by atoms with Crippen molar-refractivity contribution in [3.63, 3.8) is 0 Å². The van der Waals surface area contributed by atoms with Crippen LogP contribution in [0.3, 0.4) is 0 Å². The molecule has 3 aromatic rings. The molecular formula is C24H29N5O2S. The third-order valence-corrected chi connectivity index (χ3v) is 5.87. The van der Waals surface area contributed by atoms with Gasteiger partial charge in [-0.2, -0.15) is 5.10 Å². The summed E-state index contributed by atoms with van der Waals surface area (Å²) in [5.41, 5.74) is 5.70. The number of carbonyl (C=O) groups is 1. The molecule has 7 nitrogen and oxygen atoms in total. The van der Waals surface area contributed by atoms with Gasteiger partial charge < -0.3 is 9.30 Å². The van der Waals surface area contributed by atoms with Crippen molar-refractivity contribution in [3.8, 4) is 17.1 Å².